The van der Waals surface area contributed by atoms with E-state index >= 15 is 0 Å². The van der Waals surface area contributed by atoms with Crippen molar-refractivity contribution in [3.63, 3.8) is 0 Å². The van der Waals surface area contributed by atoms with Gasteiger partial charge in [-0.25, -0.2) is 4.79 Å². The summed E-state index contributed by atoms with van der Waals surface area (Å²) in [5, 5.41) is 0. The number of rotatable bonds is 4. The van der Waals surface area contributed by atoms with Gasteiger partial charge >= 0.3 is 6.09 Å². The van der Waals surface area contributed by atoms with Crippen molar-refractivity contribution in [2.45, 2.75) is 89.7 Å². The Kier molecular flexibility index (Phi) is 5.57. The van der Waals surface area contributed by atoms with E-state index in [1.165, 1.54) is 51.6 Å². The lowest BCUT2D eigenvalue weighted by Crippen LogP contribution is -2.51. The molecule has 0 aromatic heterocycles. The number of hydrogen-bond acceptors (Lipinski definition) is 3. The summed E-state index contributed by atoms with van der Waals surface area (Å²) in [6, 6.07) is 9.91. The standard InChI is InChI=1S/C27H40N2O2/c1-26(2,3)31-25(30)28-15-12-27(13-16-28)17-20(18-27)19-29-14-6-9-24(29)23-8-5-4-7-22(23)21-10-11-21/h4-5,7-8,20-21,24H,6,9-19H2,1-3H3. The second-order valence-corrected chi connectivity index (χ2v) is 11.8. The first kappa shape index (κ1) is 21.3. The van der Waals surface area contributed by atoms with Crippen LogP contribution in [0.25, 0.3) is 0 Å². The number of piperidine rings is 1. The molecule has 0 N–H and O–H groups in total. The first-order chi connectivity index (χ1) is 14.8. The lowest BCUT2D eigenvalue weighted by atomic mass is 9.57. The van der Waals surface area contributed by atoms with Crippen molar-refractivity contribution in [1.82, 2.24) is 9.80 Å². The van der Waals surface area contributed by atoms with Crippen molar-refractivity contribution < 1.29 is 9.53 Å². The summed E-state index contributed by atoms with van der Waals surface area (Å²) in [5.41, 5.74) is 3.35. The highest BCUT2D eigenvalue weighted by atomic mass is 16.6. The van der Waals surface area contributed by atoms with Crippen molar-refractivity contribution in [2.75, 3.05) is 26.2 Å². The molecule has 5 rings (SSSR count). The number of nitrogens with zero attached hydrogens (tertiary/aromatic N) is 2. The van der Waals surface area contributed by atoms with Crippen LogP contribution in [0.1, 0.15) is 95.2 Å². The molecule has 1 spiro atoms. The second-order valence-electron chi connectivity index (χ2n) is 11.8. The Bertz CT molecular complexity index is 794. The smallest absolute Gasteiger partial charge is 0.410 e. The average Bonchev–Trinajstić information content (AvgIpc) is 3.45. The minimum absolute atomic E-state index is 0.132. The Labute approximate surface area is 188 Å². The van der Waals surface area contributed by atoms with Crippen molar-refractivity contribution >= 4 is 6.09 Å². The van der Waals surface area contributed by atoms with Crippen LogP contribution in [0.4, 0.5) is 4.79 Å². The van der Waals surface area contributed by atoms with E-state index in [9.17, 15) is 4.79 Å². The van der Waals surface area contributed by atoms with E-state index in [2.05, 4.69) is 29.2 Å². The van der Waals surface area contributed by atoms with E-state index in [1.807, 2.05) is 25.7 Å². The summed E-state index contributed by atoms with van der Waals surface area (Å²) < 4.78 is 5.57. The molecule has 4 heteroatoms. The molecule has 2 heterocycles. The van der Waals surface area contributed by atoms with E-state index in [0.29, 0.717) is 11.5 Å². The Hall–Kier alpha value is -1.55. The molecule has 1 aromatic rings. The van der Waals surface area contributed by atoms with Crippen LogP contribution in [-0.4, -0.2) is 47.7 Å². The highest BCUT2D eigenvalue weighted by Crippen LogP contribution is 2.54. The van der Waals surface area contributed by atoms with Gasteiger partial charge in [-0.2, -0.15) is 0 Å². The summed E-state index contributed by atoms with van der Waals surface area (Å²) >= 11 is 0. The van der Waals surface area contributed by atoms with E-state index in [4.69, 9.17) is 4.74 Å². The van der Waals surface area contributed by atoms with Crippen LogP contribution in [0.3, 0.4) is 0 Å². The predicted molar refractivity (Wildman–Crippen MR) is 124 cm³/mol. The van der Waals surface area contributed by atoms with Crippen LogP contribution >= 0.6 is 0 Å². The van der Waals surface area contributed by atoms with Gasteiger partial charge < -0.3 is 9.64 Å². The van der Waals surface area contributed by atoms with Crippen molar-refractivity contribution in [2.24, 2.45) is 11.3 Å². The van der Waals surface area contributed by atoms with Gasteiger partial charge in [-0.3, -0.25) is 4.90 Å². The molecule has 2 aliphatic carbocycles. The first-order valence-corrected chi connectivity index (χ1v) is 12.6. The number of benzene rings is 1. The Balaban J connectivity index is 1.13. The maximum Gasteiger partial charge on any atom is 0.410 e. The molecule has 170 valence electrons. The zero-order valence-corrected chi connectivity index (χ0v) is 19.7. The van der Waals surface area contributed by atoms with Crippen LogP contribution in [0, 0.1) is 11.3 Å². The largest absolute Gasteiger partial charge is 0.444 e. The lowest BCUT2D eigenvalue weighted by Gasteiger charge is -2.53. The summed E-state index contributed by atoms with van der Waals surface area (Å²) in [7, 11) is 0. The van der Waals surface area contributed by atoms with Gasteiger partial charge in [-0.05, 0) is 107 Å². The topological polar surface area (TPSA) is 32.8 Å². The van der Waals surface area contributed by atoms with Gasteiger partial charge in [0.1, 0.15) is 5.60 Å². The first-order valence-electron chi connectivity index (χ1n) is 12.6. The van der Waals surface area contributed by atoms with Crippen LogP contribution < -0.4 is 0 Å². The number of carbonyl (C=O) groups excluding carboxylic acids is 1. The number of likely N-dealkylation sites (tertiary alicyclic amines) is 2. The summed E-state index contributed by atoms with van der Waals surface area (Å²) in [5.74, 6) is 1.67. The molecular formula is C27H40N2O2. The molecule has 1 unspecified atom stereocenters. The van der Waals surface area contributed by atoms with Gasteiger partial charge in [-0.15, -0.1) is 0 Å². The molecule has 4 nitrogen and oxygen atoms in total. The second kappa shape index (κ2) is 8.10. The molecule has 1 aromatic carbocycles. The third-order valence-electron chi connectivity index (χ3n) is 8.15. The quantitative estimate of drug-likeness (QED) is 0.583. The molecule has 2 aliphatic heterocycles. The van der Waals surface area contributed by atoms with Crippen molar-refractivity contribution in [3.05, 3.63) is 35.4 Å². The maximum absolute atomic E-state index is 12.4. The third kappa shape index (κ3) is 4.65. The SMILES string of the molecule is CC(C)(C)OC(=O)N1CCC2(CC1)CC(CN1CCCC1c1ccccc1C1CC1)C2. The monoisotopic (exact) mass is 424 g/mol. The maximum atomic E-state index is 12.4. The Morgan fingerprint density at radius 3 is 2.35 bits per heavy atom. The van der Waals surface area contributed by atoms with Crippen LogP contribution in [0.15, 0.2) is 24.3 Å². The van der Waals surface area contributed by atoms with E-state index in [0.717, 1.165) is 37.8 Å². The third-order valence-corrected chi connectivity index (χ3v) is 8.15. The van der Waals surface area contributed by atoms with E-state index in [-0.39, 0.29) is 6.09 Å². The molecule has 0 bridgehead atoms. The normalized spacial score (nSPS) is 26.8. The van der Waals surface area contributed by atoms with Gasteiger partial charge in [0.25, 0.3) is 0 Å². The fourth-order valence-corrected chi connectivity index (χ4v) is 6.50. The molecule has 4 aliphatic rings. The Morgan fingerprint density at radius 2 is 1.71 bits per heavy atom. The van der Waals surface area contributed by atoms with Crippen LogP contribution in [0.2, 0.25) is 0 Å². The molecule has 2 saturated heterocycles. The van der Waals surface area contributed by atoms with Gasteiger partial charge in [0.05, 0.1) is 0 Å². The summed E-state index contributed by atoms with van der Waals surface area (Å²) in [4.78, 5) is 17.1. The molecule has 31 heavy (non-hydrogen) atoms. The molecular weight excluding hydrogens is 384 g/mol. The Morgan fingerprint density at radius 1 is 1.03 bits per heavy atom. The highest BCUT2D eigenvalue weighted by Gasteiger charge is 2.47. The van der Waals surface area contributed by atoms with Crippen molar-refractivity contribution in [3.8, 4) is 0 Å². The van der Waals surface area contributed by atoms with Crippen LogP contribution in [-0.2, 0) is 4.74 Å². The van der Waals surface area contributed by atoms with Gasteiger partial charge in [0.2, 0.25) is 0 Å². The van der Waals surface area contributed by atoms with Crippen LogP contribution in [0.5, 0.6) is 0 Å². The van der Waals surface area contributed by atoms with Crippen molar-refractivity contribution in [1.29, 1.82) is 0 Å². The molecule has 1 amide bonds. The predicted octanol–water partition coefficient (Wildman–Crippen LogP) is 6.13. The minimum atomic E-state index is -0.405. The number of hydrogen-bond donors (Lipinski definition) is 0. The highest BCUT2D eigenvalue weighted by molar-refractivity contribution is 5.68. The zero-order valence-electron chi connectivity index (χ0n) is 19.7. The average molecular weight is 425 g/mol. The number of ether oxygens (including phenoxy) is 1. The molecule has 2 saturated carbocycles. The molecule has 4 fully saturated rings. The number of amides is 1. The van der Waals surface area contributed by atoms with Gasteiger partial charge in [0.15, 0.2) is 0 Å². The van der Waals surface area contributed by atoms with E-state index in [1.54, 1.807) is 11.1 Å². The summed E-state index contributed by atoms with van der Waals surface area (Å²) in [6.07, 6.45) is 10.3. The van der Waals surface area contributed by atoms with Gasteiger partial charge in [0, 0.05) is 25.7 Å². The fraction of sp³-hybridized carbons (Fsp3) is 0.741. The van der Waals surface area contributed by atoms with Gasteiger partial charge in [-0.1, -0.05) is 24.3 Å². The molecule has 1 atom stereocenters. The summed E-state index contributed by atoms with van der Waals surface area (Å²) in [6.45, 7) is 10.1. The lowest BCUT2D eigenvalue weighted by molar-refractivity contribution is -0.0363. The zero-order chi connectivity index (χ0) is 21.6. The molecule has 0 radical (unpaired) electrons. The number of carbonyl (C=O) groups is 1. The fourth-order valence-electron chi connectivity index (χ4n) is 6.50. The van der Waals surface area contributed by atoms with E-state index < -0.39 is 5.60 Å². The minimum Gasteiger partial charge on any atom is -0.444 e.